The first-order chi connectivity index (χ1) is 6.24. The lowest BCUT2D eigenvalue weighted by molar-refractivity contribution is 0.0956. The van der Waals surface area contributed by atoms with Crippen LogP contribution in [0.5, 0.6) is 0 Å². The zero-order valence-corrected chi connectivity index (χ0v) is 9.23. The highest BCUT2D eigenvalue weighted by molar-refractivity contribution is 9.09. The Balaban J connectivity index is 2.66. The van der Waals surface area contributed by atoms with Crippen LogP contribution >= 0.6 is 27.5 Å². The number of hydrogen-bond donors (Lipinski definition) is 1. The Kier molecular flexibility index (Phi) is 4.25. The molecule has 0 bridgehead atoms. The number of nitrogens with one attached hydrogen (secondary N) is 1. The minimum Gasteiger partial charge on any atom is -0.351 e. The summed E-state index contributed by atoms with van der Waals surface area (Å²) < 4.78 is 0. The minimum atomic E-state index is -0.0954. The van der Waals surface area contributed by atoms with Crippen molar-refractivity contribution in [1.29, 1.82) is 0 Å². The molecule has 0 unspecified atom stereocenters. The molecular formula is C9H9BrClNO. The molecule has 1 aromatic rings. The van der Waals surface area contributed by atoms with Gasteiger partial charge in [0.05, 0.1) is 0 Å². The van der Waals surface area contributed by atoms with Crippen LogP contribution in [0.3, 0.4) is 0 Å². The van der Waals surface area contributed by atoms with Crippen molar-refractivity contribution in [2.75, 3.05) is 11.9 Å². The number of alkyl halides is 1. The lowest BCUT2D eigenvalue weighted by atomic mass is 10.2. The fourth-order valence-corrected chi connectivity index (χ4v) is 1.28. The minimum absolute atomic E-state index is 0.0954. The molecule has 0 aromatic heterocycles. The lowest BCUT2D eigenvalue weighted by Crippen LogP contribution is -2.24. The van der Waals surface area contributed by atoms with E-state index in [4.69, 9.17) is 11.6 Å². The highest BCUT2D eigenvalue weighted by Crippen LogP contribution is 2.10. The summed E-state index contributed by atoms with van der Waals surface area (Å²) >= 11 is 8.96. The van der Waals surface area contributed by atoms with Crippen LogP contribution in [-0.4, -0.2) is 17.8 Å². The molecule has 0 atom stereocenters. The molecule has 1 amide bonds. The first-order valence-electron chi connectivity index (χ1n) is 3.84. The largest absolute Gasteiger partial charge is 0.351 e. The second-order valence-electron chi connectivity index (χ2n) is 2.46. The van der Waals surface area contributed by atoms with Gasteiger partial charge in [-0.05, 0) is 18.2 Å². The zero-order valence-electron chi connectivity index (χ0n) is 6.89. The van der Waals surface area contributed by atoms with Crippen molar-refractivity contribution in [3.05, 3.63) is 34.9 Å². The van der Waals surface area contributed by atoms with Gasteiger partial charge in [-0.2, -0.15) is 0 Å². The Morgan fingerprint density at radius 2 is 2.31 bits per heavy atom. The van der Waals surface area contributed by atoms with Gasteiger partial charge in [-0.1, -0.05) is 33.6 Å². The van der Waals surface area contributed by atoms with Gasteiger partial charge in [-0.3, -0.25) is 4.79 Å². The fraction of sp³-hybridized carbons (Fsp3) is 0.222. The van der Waals surface area contributed by atoms with Gasteiger partial charge in [0.2, 0.25) is 0 Å². The Bertz CT molecular complexity index is 303. The summed E-state index contributed by atoms with van der Waals surface area (Å²) in [5, 5.41) is 4.06. The van der Waals surface area contributed by atoms with Crippen molar-refractivity contribution in [1.82, 2.24) is 5.32 Å². The first-order valence-corrected chi connectivity index (χ1v) is 5.33. The molecule has 0 radical (unpaired) electrons. The van der Waals surface area contributed by atoms with Crippen LogP contribution in [0.2, 0.25) is 5.02 Å². The van der Waals surface area contributed by atoms with Crippen molar-refractivity contribution in [2.45, 2.75) is 0 Å². The van der Waals surface area contributed by atoms with Gasteiger partial charge in [-0.15, -0.1) is 0 Å². The highest BCUT2D eigenvalue weighted by Gasteiger charge is 2.03. The van der Waals surface area contributed by atoms with Crippen molar-refractivity contribution in [2.24, 2.45) is 0 Å². The Morgan fingerprint density at radius 3 is 2.92 bits per heavy atom. The predicted molar refractivity (Wildman–Crippen MR) is 57.6 cm³/mol. The molecule has 0 saturated carbocycles. The van der Waals surface area contributed by atoms with E-state index in [0.29, 0.717) is 17.1 Å². The molecule has 4 heteroatoms. The third kappa shape index (κ3) is 3.36. The Morgan fingerprint density at radius 1 is 1.54 bits per heavy atom. The summed E-state index contributed by atoms with van der Waals surface area (Å²) in [6.45, 7) is 0.616. The maximum Gasteiger partial charge on any atom is 0.251 e. The second-order valence-corrected chi connectivity index (χ2v) is 3.68. The van der Waals surface area contributed by atoms with E-state index in [9.17, 15) is 4.79 Å². The quantitative estimate of drug-likeness (QED) is 0.833. The SMILES string of the molecule is O=C(NCCBr)c1cccc(Cl)c1. The number of hydrogen-bond acceptors (Lipinski definition) is 1. The number of benzene rings is 1. The third-order valence-corrected chi connectivity index (χ3v) is 2.10. The lowest BCUT2D eigenvalue weighted by Gasteiger charge is -2.02. The predicted octanol–water partition coefficient (Wildman–Crippen LogP) is 2.46. The molecule has 0 saturated heterocycles. The van der Waals surface area contributed by atoms with Crippen LogP contribution in [0.1, 0.15) is 10.4 Å². The third-order valence-electron chi connectivity index (χ3n) is 1.47. The summed E-state index contributed by atoms with van der Waals surface area (Å²) in [5.74, 6) is -0.0954. The standard InChI is InChI=1S/C9H9BrClNO/c10-4-5-12-9(13)7-2-1-3-8(11)6-7/h1-3,6H,4-5H2,(H,12,13). The highest BCUT2D eigenvalue weighted by atomic mass is 79.9. The maximum atomic E-state index is 11.4. The molecule has 13 heavy (non-hydrogen) atoms. The van der Waals surface area contributed by atoms with Gasteiger partial charge in [0.1, 0.15) is 0 Å². The van der Waals surface area contributed by atoms with Crippen molar-refractivity contribution in [3.8, 4) is 0 Å². The molecule has 70 valence electrons. The van der Waals surface area contributed by atoms with E-state index in [0.717, 1.165) is 5.33 Å². The average Bonchev–Trinajstić information content (AvgIpc) is 2.14. The molecular weight excluding hydrogens is 253 g/mol. The van der Waals surface area contributed by atoms with E-state index in [-0.39, 0.29) is 5.91 Å². The summed E-state index contributed by atoms with van der Waals surface area (Å²) in [5.41, 5.74) is 0.591. The molecule has 0 aliphatic carbocycles. The van der Waals surface area contributed by atoms with E-state index >= 15 is 0 Å². The molecule has 1 rings (SSSR count). The van der Waals surface area contributed by atoms with Crippen LogP contribution in [0.4, 0.5) is 0 Å². The van der Waals surface area contributed by atoms with E-state index in [1.54, 1.807) is 24.3 Å². The smallest absolute Gasteiger partial charge is 0.251 e. The van der Waals surface area contributed by atoms with Crippen LogP contribution in [0.15, 0.2) is 24.3 Å². The molecule has 0 aliphatic rings. The fourth-order valence-electron chi connectivity index (χ4n) is 0.893. The molecule has 0 spiro atoms. The average molecular weight is 263 g/mol. The summed E-state index contributed by atoms with van der Waals surface area (Å²) in [4.78, 5) is 11.4. The van der Waals surface area contributed by atoms with Crippen LogP contribution in [0, 0.1) is 0 Å². The van der Waals surface area contributed by atoms with Crippen LogP contribution in [-0.2, 0) is 0 Å². The number of carbonyl (C=O) groups is 1. The zero-order chi connectivity index (χ0) is 9.68. The van der Waals surface area contributed by atoms with Gasteiger partial charge in [0.15, 0.2) is 0 Å². The van der Waals surface area contributed by atoms with E-state index in [2.05, 4.69) is 21.2 Å². The molecule has 0 heterocycles. The summed E-state index contributed by atoms with van der Waals surface area (Å²) in [6.07, 6.45) is 0. The van der Waals surface area contributed by atoms with Crippen LogP contribution in [0.25, 0.3) is 0 Å². The van der Waals surface area contributed by atoms with Gasteiger partial charge < -0.3 is 5.32 Å². The van der Waals surface area contributed by atoms with Crippen molar-refractivity contribution >= 4 is 33.4 Å². The van der Waals surface area contributed by atoms with Gasteiger partial charge in [0.25, 0.3) is 5.91 Å². The van der Waals surface area contributed by atoms with Gasteiger partial charge in [-0.25, -0.2) is 0 Å². The second kappa shape index (κ2) is 5.25. The van der Waals surface area contributed by atoms with E-state index in [1.807, 2.05) is 0 Å². The van der Waals surface area contributed by atoms with Crippen molar-refractivity contribution < 1.29 is 4.79 Å². The van der Waals surface area contributed by atoms with E-state index in [1.165, 1.54) is 0 Å². The number of amides is 1. The topological polar surface area (TPSA) is 29.1 Å². The summed E-state index contributed by atoms with van der Waals surface area (Å²) in [7, 11) is 0. The normalized spacial score (nSPS) is 9.69. The molecule has 1 N–H and O–H groups in total. The summed E-state index contributed by atoms with van der Waals surface area (Å²) in [6, 6.07) is 6.87. The van der Waals surface area contributed by atoms with Gasteiger partial charge >= 0.3 is 0 Å². The number of rotatable bonds is 3. The van der Waals surface area contributed by atoms with E-state index < -0.39 is 0 Å². The Hall–Kier alpha value is -0.540. The number of carbonyl (C=O) groups excluding carboxylic acids is 1. The monoisotopic (exact) mass is 261 g/mol. The number of halogens is 2. The van der Waals surface area contributed by atoms with Crippen molar-refractivity contribution in [3.63, 3.8) is 0 Å². The van der Waals surface area contributed by atoms with Crippen LogP contribution < -0.4 is 5.32 Å². The molecule has 2 nitrogen and oxygen atoms in total. The maximum absolute atomic E-state index is 11.4. The van der Waals surface area contributed by atoms with Gasteiger partial charge in [0, 0.05) is 22.5 Å². The molecule has 1 aromatic carbocycles. The molecule has 0 aliphatic heterocycles. The Labute approximate surface area is 90.4 Å². The first kappa shape index (κ1) is 10.5. The molecule has 0 fully saturated rings.